The Balaban J connectivity index is 1.87. The summed E-state index contributed by atoms with van der Waals surface area (Å²) in [5, 5.41) is 4.50. The summed E-state index contributed by atoms with van der Waals surface area (Å²) in [5.74, 6) is 0. The lowest BCUT2D eigenvalue weighted by Crippen LogP contribution is -2.06. The Kier molecular flexibility index (Phi) is 4.92. The van der Waals surface area contributed by atoms with Crippen LogP contribution in [-0.4, -0.2) is 16.1 Å². The minimum Gasteiger partial charge on any atom is -0.383 e. The molecule has 0 aliphatic carbocycles. The number of nitrogens with zero attached hydrogens (tertiary/aromatic N) is 2. The fourth-order valence-corrected chi connectivity index (χ4v) is 2.95. The van der Waals surface area contributed by atoms with Crippen molar-refractivity contribution < 1.29 is 0 Å². The van der Waals surface area contributed by atoms with Gasteiger partial charge in [0.25, 0.3) is 0 Å². The van der Waals surface area contributed by atoms with Crippen LogP contribution in [0.25, 0.3) is 0 Å². The number of rotatable bonds is 5. The number of benzene rings is 1. The molecule has 18 heavy (non-hydrogen) atoms. The highest BCUT2D eigenvalue weighted by molar-refractivity contribution is 9.10. The molecule has 0 spiro atoms. The van der Waals surface area contributed by atoms with Gasteiger partial charge in [0.05, 0.1) is 22.1 Å². The van der Waals surface area contributed by atoms with Crippen molar-refractivity contribution in [2.45, 2.75) is 13.0 Å². The molecule has 0 bridgehead atoms. The third-order valence-corrected chi connectivity index (χ3v) is 3.51. The molecule has 0 fully saturated rings. The van der Waals surface area contributed by atoms with E-state index >= 15 is 0 Å². The van der Waals surface area contributed by atoms with Gasteiger partial charge in [-0.05, 0) is 18.6 Å². The number of nitrogens with one attached hydrogen (secondary N) is 1. The maximum absolute atomic E-state index is 6.12. The predicted molar refractivity (Wildman–Crippen MR) is 79.5 cm³/mol. The standard InChI is InChI=1S/C12H12BrCl2N3/c13-9-6-10(14)12(11(15)7-9)17-2-1-4-18-5-3-16-8-18/h3,5-8,17H,1-2,4H2. The summed E-state index contributed by atoms with van der Waals surface area (Å²) in [4.78, 5) is 3.99. The monoisotopic (exact) mass is 347 g/mol. The van der Waals surface area contributed by atoms with E-state index in [2.05, 4.69) is 26.2 Å². The second kappa shape index (κ2) is 6.45. The van der Waals surface area contributed by atoms with Crippen molar-refractivity contribution in [1.29, 1.82) is 0 Å². The zero-order valence-electron chi connectivity index (χ0n) is 9.54. The van der Waals surface area contributed by atoms with Gasteiger partial charge in [0, 0.05) is 30.0 Å². The quantitative estimate of drug-likeness (QED) is 0.808. The molecule has 0 aliphatic heterocycles. The van der Waals surface area contributed by atoms with Crippen molar-refractivity contribution >= 4 is 44.8 Å². The van der Waals surface area contributed by atoms with Crippen LogP contribution in [0.3, 0.4) is 0 Å². The molecule has 0 unspecified atom stereocenters. The Labute approximate surface area is 124 Å². The molecule has 3 nitrogen and oxygen atoms in total. The molecule has 0 aliphatic rings. The van der Waals surface area contributed by atoms with Gasteiger partial charge < -0.3 is 9.88 Å². The van der Waals surface area contributed by atoms with E-state index in [1.165, 1.54) is 0 Å². The Bertz CT molecular complexity index is 491. The van der Waals surface area contributed by atoms with E-state index in [9.17, 15) is 0 Å². The number of aryl methyl sites for hydroxylation is 1. The van der Waals surface area contributed by atoms with E-state index in [4.69, 9.17) is 23.2 Å². The van der Waals surface area contributed by atoms with Crippen molar-refractivity contribution in [3.63, 3.8) is 0 Å². The largest absolute Gasteiger partial charge is 0.383 e. The van der Waals surface area contributed by atoms with Gasteiger partial charge in [0.15, 0.2) is 0 Å². The van der Waals surface area contributed by atoms with E-state index in [0.717, 1.165) is 29.7 Å². The average molecular weight is 349 g/mol. The molecule has 0 saturated carbocycles. The van der Waals surface area contributed by atoms with E-state index in [-0.39, 0.29) is 0 Å². The highest BCUT2D eigenvalue weighted by atomic mass is 79.9. The predicted octanol–water partition coefficient (Wildman–Crippen LogP) is 4.45. The van der Waals surface area contributed by atoms with Crippen molar-refractivity contribution in [1.82, 2.24) is 9.55 Å². The zero-order valence-corrected chi connectivity index (χ0v) is 12.6. The van der Waals surface area contributed by atoms with Crippen LogP contribution in [0.4, 0.5) is 5.69 Å². The summed E-state index contributed by atoms with van der Waals surface area (Å²) in [6.45, 7) is 1.72. The first kappa shape index (κ1) is 13.7. The molecule has 0 radical (unpaired) electrons. The summed E-state index contributed by atoms with van der Waals surface area (Å²) >= 11 is 15.6. The molecule has 1 aromatic heterocycles. The van der Waals surface area contributed by atoms with Gasteiger partial charge in [-0.2, -0.15) is 0 Å². The first-order valence-corrected chi connectivity index (χ1v) is 7.06. The molecule has 2 aromatic rings. The summed E-state index contributed by atoms with van der Waals surface area (Å²) in [5.41, 5.74) is 0.784. The van der Waals surface area contributed by atoms with Crippen molar-refractivity contribution in [2.24, 2.45) is 0 Å². The number of aromatic nitrogens is 2. The van der Waals surface area contributed by atoms with Crippen molar-refractivity contribution in [2.75, 3.05) is 11.9 Å². The highest BCUT2D eigenvalue weighted by Gasteiger charge is 2.06. The van der Waals surface area contributed by atoms with Gasteiger partial charge in [-0.15, -0.1) is 0 Å². The molecule has 96 valence electrons. The fraction of sp³-hybridized carbons (Fsp3) is 0.250. The molecule has 0 amide bonds. The van der Waals surface area contributed by atoms with Gasteiger partial charge in [-0.3, -0.25) is 0 Å². The lowest BCUT2D eigenvalue weighted by molar-refractivity contribution is 0.661. The van der Waals surface area contributed by atoms with Gasteiger partial charge in [0.2, 0.25) is 0 Å². The SMILES string of the molecule is Clc1cc(Br)cc(Cl)c1NCCCn1ccnc1. The number of hydrogen-bond acceptors (Lipinski definition) is 2. The number of halogens is 3. The second-order valence-electron chi connectivity index (χ2n) is 3.83. The highest BCUT2D eigenvalue weighted by Crippen LogP contribution is 2.33. The maximum Gasteiger partial charge on any atom is 0.0945 e. The zero-order chi connectivity index (χ0) is 13.0. The smallest absolute Gasteiger partial charge is 0.0945 e. The fourth-order valence-electron chi connectivity index (χ4n) is 1.61. The van der Waals surface area contributed by atoms with Gasteiger partial charge in [0.1, 0.15) is 0 Å². The molecule has 1 aromatic carbocycles. The van der Waals surface area contributed by atoms with Gasteiger partial charge >= 0.3 is 0 Å². The first-order chi connectivity index (χ1) is 8.66. The second-order valence-corrected chi connectivity index (χ2v) is 5.56. The molecule has 6 heteroatoms. The minimum atomic E-state index is 0.622. The molecule has 0 atom stereocenters. The van der Waals surface area contributed by atoms with Crippen molar-refractivity contribution in [3.05, 3.63) is 45.4 Å². The Morgan fingerprint density at radius 1 is 1.28 bits per heavy atom. The Morgan fingerprint density at radius 3 is 2.61 bits per heavy atom. The summed E-state index contributed by atoms with van der Waals surface area (Å²) in [6.07, 6.45) is 6.49. The van der Waals surface area contributed by atoms with E-state index < -0.39 is 0 Å². The molecular formula is C12H12BrCl2N3. The lowest BCUT2D eigenvalue weighted by Gasteiger charge is -2.11. The topological polar surface area (TPSA) is 29.9 Å². The Morgan fingerprint density at radius 2 is 2.00 bits per heavy atom. The molecule has 2 rings (SSSR count). The maximum atomic E-state index is 6.12. The average Bonchev–Trinajstić information content (AvgIpc) is 2.79. The van der Waals surface area contributed by atoms with Crippen LogP contribution in [-0.2, 0) is 6.54 Å². The van der Waals surface area contributed by atoms with Crippen LogP contribution in [0.15, 0.2) is 35.3 Å². The van der Waals surface area contributed by atoms with Gasteiger partial charge in [-0.25, -0.2) is 4.98 Å². The normalized spacial score (nSPS) is 10.6. The number of hydrogen-bond donors (Lipinski definition) is 1. The third kappa shape index (κ3) is 3.64. The van der Waals surface area contributed by atoms with Crippen LogP contribution in [0.5, 0.6) is 0 Å². The summed E-state index contributed by atoms with van der Waals surface area (Å²) in [6, 6.07) is 3.65. The third-order valence-electron chi connectivity index (χ3n) is 2.46. The van der Waals surface area contributed by atoms with Crippen molar-refractivity contribution in [3.8, 4) is 0 Å². The molecule has 0 saturated heterocycles. The van der Waals surface area contributed by atoms with Crippen LogP contribution in [0, 0.1) is 0 Å². The van der Waals surface area contributed by atoms with Crippen LogP contribution >= 0.6 is 39.1 Å². The number of imidazole rings is 1. The molecule has 1 heterocycles. The van der Waals surface area contributed by atoms with Gasteiger partial charge in [-0.1, -0.05) is 39.1 Å². The lowest BCUT2D eigenvalue weighted by atomic mass is 10.3. The number of anilines is 1. The van der Waals surface area contributed by atoms with Crippen LogP contribution in [0.1, 0.15) is 6.42 Å². The van der Waals surface area contributed by atoms with Crippen LogP contribution in [0.2, 0.25) is 10.0 Å². The first-order valence-electron chi connectivity index (χ1n) is 5.51. The summed E-state index contributed by atoms with van der Waals surface area (Å²) in [7, 11) is 0. The molecule has 1 N–H and O–H groups in total. The van der Waals surface area contributed by atoms with E-state index in [1.807, 2.05) is 22.9 Å². The van der Waals surface area contributed by atoms with E-state index in [1.54, 1.807) is 12.5 Å². The summed E-state index contributed by atoms with van der Waals surface area (Å²) < 4.78 is 2.91. The molecular weight excluding hydrogens is 337 g/mol. The minimum absolute atomic E-state index is 0.622. The Hall–Kier alpha value is -0.710. The van der Waals surface area contributed by atoms with E-state index in [0.29, 0.717) is 10.0 Å². The van der Waals surface area contributed by atoms with Crippen LogP contribution < -0.4 is 5.32 Å².